The third-order valence-corrected chi connectivity index (χ3v) is 5.71. The lowest BCUT2D eigenvalue weighted by Gasteiger charge is -2.31. The molecule has 1 aromatic heterocycles. The van der Waals surface area contributed by atoms with Crippen LogP contribution in [-0.2, 0) is 6.54 Å². The minimum atomic E-state index is -0.0761. The van der Waals surface area contributed by atoms with Crippen LogP contribution in [-0.4, -0.2) is 32.9 Å². The summed E-state index contributed by atoms with van der Waals surface area (Å²) < 4.78 is 1.98. The van der Waals surface area contributed by atoms with Crippen molar-refractivity contribution in [2.45, 2.75) is 26.4 Å². The molecule has 0 bridgehead atoms. The highest BCUT2D eigenvalue weighted by Crippen LogP contribution is 2.39. The number of hydrogen-bond donors (Lipinski definition) is 0. The summed E-state index contributed by atoms with van der Waals surface area (Å²) in [5.41, 5.74) is 3.18. The van der Waals surface area contributed by atoms with Crippen molar-refractivity contribution < 1.29 is 4.79 Å². The number of rotatable bonds is 3. The third kappa shape index (κ3) is 3.30. The fraction of sp³-hybridized carbons (Fsp3) is 0.238. The van der Waals surface area contributed by atoms with E-state index >= 15 is 0 Å². The van der Waals surface area contributed by atoms with Crippen LogP contribution < -0.4 is 0 Å². The second-order valence-electron chi connectivity index (χ2n) is 7.01. The number of hydrogen-bond acceptors (Lipinski definition) is 2. The number of halogens is 3. The van der Waals surface area contributed by atoms with Crippen molar-refractivity contribution in [3.63, 3.8) is 0 Å². The Bertz CT molecular complexity index is 1060. The van der Waals surface area contributed by atoms with Crippen LogP contribution in [0, 0.1) is 0 Å². The summed E-state index contributed by atoms with van der Waals surface area (Å²) in [5, 5.41) is 1.69. The summed E-state index contributed by atoms with van der Waals surface area (Å²) >= 11 is 18.6. The largest absolute Gasteiger partial charge is 0.332 e. The van der Waals surface area contributed by atoms with Crippen molar-refractivity contribution in [1.29, 1.82) is 0 Å². The van der Waals surface area contributed by atoms with Gasteiger partial charge in [0.1, 0.15) is 0 Å². The molecule has 2 heterocycles. The van der Waals surface area contributed by atoms with Crippen molar-refractivity contribution in [3.8, 4) is 22.5 Å². The Morgan fingerprint density at radius 2 is 1.64 bits per heavy atom. The van der Waals surface area contributed by atoms with Crippen LogP contribution in [0.5, 0.6) is 0 Å². The first kappa shape index (κ1) is 19.3. The zero-order valence-electron chi connectivity index (χ0n) is 15.4. The van der Waals surface area contributed by atoms with Crippen LogP contribution in [0.15, 0.2) is 42.5 Å². The van der Waals surface area contributed by atoms with E-state index in [4.69, 9.17) is 39.8 Å². The van der Waals surface area contributed by atoms with Crippen LogP contribution in [0.25, 0.3) is 22.5 Å². The van der Waals surface area contributed by atoms with E-state index in [9.17, 15) is 4.79 Å². The highest BCUT2D eigenvalue weighted by molar-refractivity contribution is 6.36. The Labute approximate surface area is 178 Å². The zero-order valence-corrected chi connectivity index (χ0v) is 17.7. The molecule has 28 heavy (non-hydrogen) atoms. The number of aromatic nitrogens is 2. The molecular formula is C21H18Cl3N3O. The molecule has 7 heteroatoms. The van der Waals surface area contributed by atoms with Crippen molar-refractivity contribution >= 4 is 40.7 Å². The predicted octanol–water partition coefficient (Wildman–Crippen LogP) is 6.04. The smallest absolute Gasteiger partial charge is 0.290 e. The summed E-state index contributed by atoms with van der Waals surface area (Å²) in [6.07, 6.45) is 0. The minimum absolute atomic E-state index is 0.0761. The molecule has 3 aromatic rings. The highest BCUT2D eigenvalue weighted by atomic mass is 35.5. The molecule has 1 amide bonds. The molecule has 0 saturated carbocycles. The maximum Gasteiger partial charge on any atom is 0.290 e. The molecule has 0 aliphatic carbocycles. The topological polar surface area (TPSA) is 38.1 Å². The van der Waals surface area contributed by atoms with Gasteiger partial charge < -0.3 is 9.47 Å². The lowest BCUT2D eigenvalue weighted by molar-refractivity contribution is 0.0642. The molecule has 4 nitrogen and oxygen atoms in total. The maximum absolute atomic E-state index is 13.0. The van der Waals surface area contributed by atoms with E-state index in [0.717, 1.165) is 16.8 Å². The monoisotopic (exact) mass is 433 g/mol. The summed E-state index contributed by atoms with van der Waals surface area (Å²) in [7, 11) is 0. The van der Waals surface area contributed by atoms with Crippen molar-refractivity contribution in [2.24, 2.45) is 0 Å². The maximum atomic E-state index is 13.0. The molecule has 0 N–H and O–H groups in total. The van der Waals surface area contributed by atoms with Crippen molar-refractivity contribution in [1.82, 2.24) is 14.5 Å². The Morgan fingerprint density at radius 1 is 0.964 bits per heavy atom. The summed E-state index contributed by atoms with van der Waals surface area (Å²) in [4.78, 5) is 19.6. The average molecular weight is 435 g/mol. The summed E-state index contributed by atoms with van der Waals surface area (Å²) in [6, 6.07) is 12.9. The van der Waals surface area contributed by atoms with Gasteiger partial charge in [-0.1, -0.05) is 46.9 Å². The second kappa shape index (κ2) is 7.43. The van der Waals surface area contributed by atoms with Crippen LogP contribution >= 0.6 is 34.8 Å². The molecule has 4 rings (SSSR count). The predicted molar refractivity (Wildman–Crippen MR) is 114 cm³/mol. The Balaban J connectivity index is 1.96. The number of fused-ring (bicyclic) bond motifs is 1. The first-order valence-corrected chi connectivity index (χ1v) is 10.1. The lowest BCUT2D eigenvalue weighted by Crippen LogP contribution is -2.44. The second-order valence-corrected chi connectivity index (χ2v) is 8.29. The molecule has 0 radical (unpaired) electrons. The minimum Gasteiger partial charge on any atom is -0.332 e. The summed E-state index contributed by atoms with van der Waals surface area (Å²) in [6.45, 7) is 5.31. The Hall–Kier alpha value is -2.01. The van der Waals surface area contributed by atoms with E-state index in [1.54, 1.807) is 12.1 Å². The zero-order chi connectivity index (χ0) is 20.0. The van der Waals surface area contributed by atoms with Crippen molar-refractivity contribution in [3.05, 3.63) is 63.4 Å². The van der Waals surface area contributed by atoms with Gasteiger partial charge in [-0.05, 0) is 44.2 Å². The molecule has 0 fully saturated rings. The number of benzene rings is 2. The molecule has 144 valence electrons. The van der Waals surface area contributed by atoms with E-state index in [0.29, 0.717) is 39.7 Å². The molecule has 0 atom stereocenters. The molecule has 1 aliphatic heterocycles. The highest BCUT2D eigenvalue weighted by Gasteiger charge is 2.32. The van der Waals surface area contributed by atoms with Crippen LogP contribution in [0.3, 0.4) is 0 Å². The van der Waals surface area contributed by atoms with Gasteiger partial charge in [-0.25, -0.2) is 4.98 Å². The van der Waals surface area contributed by atoms with E-state index < -0.39 is 0 Å². The van der Waals surface area contributed by atoms with Crippen LogP contribution in [0.4, 0.5) is 0 Å². The van der Waals surface area contributed by atoms with Gasteiger partial charge in [0.05, 0.1) is 16.4 Å². The number of nitrogens with zero attached hydrogens (tertiary/aromatic N) is 3. The van der Waals surface area contributed by atoms with Crippen LogP contribution in [0.1, 0.15) is 24.5 Å². The summed E-state index contributed by atoms with van der Waals surface area (Å²) in [5.74, 6) is 0.346. The van der Waals surface area contributed by atoms with Gasteiger partial charge in [-0.3, -0.25) is 4.79 Å². The van der Waals surface area contributed by atoms with E-state index in [2.05, 4.69) is 0 Å². The van der Waals surface area contributed by atoms with E-state index in [1.165, 1.54) is 0 Å². The van der Waals surface area contributed by atoms with Gasteiger partial charge in [0.25, 0.3) is 5.91 Å². The van der Waals surface area contributed by atoms with Gasteiger partial charge in [0.2, 0.25) is 0 Å². The van der Waals surface area contributed by atoms with Crippen molar-refractivity contribution in [2.75, 3.05) is 6.54 Å². The molecule has 2 aromatic carbocycles. The average Bonchev–Trinajstić information content (AvgIpc) is 3.02. The Kier molecular flexibility index (Phi) is 5.13. The molecule has 1 aliphatic rings. The SMILES string of the molecule is CC(C)N1CCn2c(nc(-c3ccc(Cl)cc3Cl)c2-c2ccc(Cl)cc2)C1=O. The fourth-order valence-electron chi connectivity index (χ4n) is 3.53. The molecule has 0 saturated heterocycles. The van der Waals surface area contributed by atoms with Gasteiger partial charge >= 0.3 is 0 Å². The quantitative estimate of drug-likeness (QED) is 0.504. The number of amides is 1. The Morgan fingerprint density at radius 3 is 2.29 bits per heavy atom. The van der Waals surface area contributed by atoms with Gasteiger partial charge in [-0.15, -0.1) is 0 Å². The molecule has 0 spiro atoms. The van der Waals surface area contributed by atoms with E-state index in [-0.39, 0.29) is 11.9 Å². The number of carbonyl (C=O) groups excluding carboxylic acids is 1. The first-order valence-electron chi connectivity index (χ1n) is 8.99. The van der Waals surface area contributed by atoms with Gasteiger partial charge in [0, 0.05) is 40.3 Å². The standard InChI is InChI=1S/C21H18Cl3N3O/c1-12(2)26-9-10-27-19(13-3-5-14(22)6-4-13)18(25-20(27)21(26)28)16-8-7-15(23)11-17(16)24/h3-8,11-12H,9-10H2,1-2H3. The van der Waals surface area contributed by atoms with E-state index in [1.807, 2.05) is 53.6 Å². The number of carbonyl (C=O) groups is 1. The van der Waals surface area contributed by atoms with Gasteiger partial charge in [0.15, 0.2) is 5.82 Å². The van der Waals surface area contributed by atoms with Gasteiger partial charge in [-0.2, -0.15) is 0 Å². The normalized spacial score (nSPS) is 13.9. The third-order valence-electron chi connectivity index (χ3n) is 4.91. The lowest BCUT2D eigenvalue weighted by atomic mass is 10.0. The number of imidazole rings is 1. The first-order chi connectivity index (χ1) is 13.4. The molecule has 0 unspecified atom stereocenters. The van der Waals surface area contributed by atoms with Crippen LogP contribution in [0.2, 0.25) is 15.1 Å². The molecular weight excluding hydrogens is 417 g/mol. The fourth-order valence-corrected chi connectivity index (χ4v) is 4.16.